The molecule has 0 radical (unpaired) electrons. The van der Waals surface area contributed by atoms with Crippen LogP contribution < -0.4 is 0 Å². The van der Waals surface area contributed by atoms with Crippen LogP contribution in [-0.2, 0) is 7.59 Å². The van der Waals surface area contributed by atoms with E-state index in [0.29, 0.717) is 5.76 Å². The van der Waals surface area contributed by atoms with Gasteiger partial charge in [0, 0.05) is 0 Å². The van der Waals surface area contributed by atoms with Crippen molar-refractivity contribution < 1.29 is 4.42 Å². The first kappa shape index (κ1) is 15.4. The third kappa shape index (κ3) is 3.78. The summed E-state index contributed by atoms with van der Waals surface area (Å²) in [6.07, 6.45) is 1.43. The normalized spacial score (nSPS) is 12.7. The quantitative estimate of drug-likeness (QED) is 0.667. The minimum Gasteiger partial charge on any atom is -0.461 e. The zero-order chi connectivity index (χ0) is 14.3. The molecule has 0 amide bonds. The van der Waals surface area contributed by atoms with E-state index in [0.717, 1.165) is 0 Å². The predicted molar refractivity (Wildman–Crippen MR) is 76.0 cm³/mol. The number of aromatic nitrogens is 3. The van der Waals surface area contributed by atoms with E-state index < -0.39 is 7.59 Å². The Hall–Kier alpha value is 0.0300. The topological polar surface area (TPSA) is 51.8 Å². The maximum Gasteiger partial charge on any atom is 0.250 e. The molecule has 0 N–H and O–H groups in total. The Labute approximate surface area is 137 Å². The maximum absolute atomic E-state index is 5.73. The van der Waals surface area contributed by atoms with Crippen LogP contribution in [0.3, 0.4) is 0 Å². The summed E-state index contributed by atoms with van der Waals surface area (Å²) in [5, 5.41) is 0. The predicted octanol–water partition coefficient (Wildman–Crippen LogP) is 4.79. The Balaban J connectivity index is 2.62. The minimum atomic E-state index is -1.88. The molecule has 102 valence electrons. The number of nitrogens with zero attached hydrogens (tertiary/aromatic N) is 3. The van der Waals surface area contributed by atoms with Crippen LogP contribution in [0.5, 0.6) is 0 Å². The van der Waals surface area contributed by atoms with E-state index in [9.17, 15) is 0 Å². The standard InChI is InChI=1S/C9H3Cl6N3O/c10-8(11,12)6-16-5(4-2-1-3-19-4)17-7(18-6)9(13,14)15/h1-3H. The molecule has 0 aliphatic carbocycles. The molecule has 0 aromatic carbocycles. The molecule has 10 heteroatoms. The van der Waals surface area contributed by atoms with E-state index in [1.165, 1.54) is 6.26 Å². The summed E-state index contributed by atoms with van der Waals surface area (Å²) in [6, 6.07) is 3.25. The first-order valence-corrected chi connectivity index (χ1v) is 6.89. The molecule has 4 nitrogen and oxygen atoms in total. The lowest BCUT2D eigenvalue weighted by atomic mass is 10.4. The molecule has 2 rings (SSSR count). The van der Waals surface area contributed by atoms with Crippen LogP contribution in [0.15, 0.2) is 22.8 Å². The molecule has 2 aromatic heterocycles. The maximum atomic E-state index is 5.73. The lowest BCUT2D eigenvalue weighted by Gasteiger charge is -2.14. The molecule has 2 aromatic rings. The fourth-order valence-corrected chi connectivity index (χ4v) is 1.65. The van der Waals surface area contributed by atoms with E-state index >= 15 is 0 Å². The average Bonchev–Trinajstić information content (AvgIpc) is 2.79. The number of furan rings is 1. The van der Waals surface area contributed by atoms with Crippen molar-refractivity contribution in [2.75, 3.05) is 0 Å². The van der Waals surface area contributed by atoms with Crippen LogP contribution in [0.2, 0.25) is 0 Å². The second kappa shape index (κ2) is 5.43. The SMILES string of the molecule is ClC(Cl)(Cl)c1nc(-c2ccco2)nc(C(Cl)(Cl)Cl)n1. The van der Waals surface area contributed by atoms with Crippen LogP contribution in [0.25, 0.3) is 11.6 Å². The summed E-state index contributed by atoms with van der Waals surface area (Å²) in [5.41, 5.74) is 0. The van der Waals surface area contributed by atoms with Gasteiger partial charge in [0.2, 0.25) is 7.59 Å². The van der Waals surface area contributed by atoms with Gasteiger partial charge in [0.1, 0.15) is 0 Å². The highest BCUT2D eigenvalue weighted by atomic mass is 35.6. The molecule has 0 spiro atoms. The van der Waals surface area contributed by atoms with Crippen molar-refractivity contribution in [3.05, 3.63) is 30.0 Å². The molecule has 0 fully saturated rings. The summed E-state index contributed by atoms with van der Waals surface area (Å²) in [5.74, 6) is 0.0940. The summed E-state index contributed by atoms with van der Waals surface area (Å²) in [4.78, 5) is 11.8. The van der Waals surface area contributed by atoms with Gasteiger partial charge in [0.05, 0.1) is 6.26 Å². The Morgan fingerprint density at radius 2 is 1.37 bits per heavy atom. The Bertz CT molecular complexity index is 542. The number of halogens is 6. The van der Waals surface area contributed by atoms with Gasteiger partial charge in [-0.2, -0.15) is 0 Å². The monoisotopic (exact) mass is 379 g/mol. The fraction of sp³-hybridized carbons (Fsp3) is 0.222. The minimum absolute atomic E-state index is 0.0997. The molecule has 2 heterocycles. The van der Waals surface area contributed by atoms with Crippen molar-refractivity contribution in [3.63, 3.8) is 0 Å². The first-order valence-electron chi connectivity index (χ1n) is 4.62. The van der Waals surface area contributed by atoms with Crippen molar-refractivity contribution >= 4 is 69.6 Å². The fourth-order valence-electron chi connectivity index (χ4n) is 1.15. The van der Waals surface area contributed by atoms with Gasteiger partial charge in [-0.05, 0) is 12.1 Å². The van der Waals surface area contributed by atoms with Crippen LogP contribution in [0, 0.1) is 0 Å². The van der Waals surface area contributed by atoms with E-state index in [-0.39, 0.29) is 17.5 Å². The lowest BCUT2D eigenvalue weighted by Crippen LogP contribution is -2.16. The van der Waals surface area contributed by atoms with Gasteiger partial charge in [-0.25, -0.2) is 15.0 Å². The third-order valence-electron chi connectivity index (χ3n) is 1.88. The Morgan fingerprint density at radius 3 is 1.74 bits per heavy atom. The van der Waals surface area contributed by atoms with Crippen molar-refractivity contribution in [1.82, 2.24) is 15.0 Å². The van der Waals surface area contributed by atoms with Gasteiger partial charge in [-0.1, -0.05) is 69.6 Å². The highest BCUT2D eigenvalue weighted by Crippen LogP contribution is 2.40. The van der Waals surface area contributed by atoms with Crippen LogP contribution >= 0.6 is 69.6 Å². The lowest BCUT2D eigenvalue weighted by molar-refractivity contribution is 0.575. The van der Waals surface area contributed by atoms with Crippen molar-refractivity contribution in [2.45, 2.75) is 7.59 Å². The van der Waals surface area contributed by atoms with Gasteiger partial charge < -0.3 is 4.42 Å². The van der Waals surface area contributed by atoms with Gasteiger partial charge in [0.25, 0.3) is 0 Å². The average molecular weight is 382 g/mol. The van der Waals surface area contributed by atoms with E-state index in [2.05, 4.69) is 15.0 Å². The van der Waals surface area contributed by atoms with E-state index in [4.69, 9.17) is 74.0 Å². The molecule has 0 saturated carbocycles. The third-order valence-corrected chi connectivity index (χ3v) is 2.90. The number of hydrogen-bond donors (Lipinski definition) is 0. The van der Waals surface area contributed by atoms with Gasteiger partial charge in [0.15, 0.2) is 23.2 Å². The molecule has 0 unspecified atom stereocenters. The van der Waals surface area contributed by atoms with Crippen LogP contribution in [0.1, 0.15) is 11.6 Å². The molecule has 0 atom stereocenters. The van der Waals surface area contributed by atoms with E-state index in [1.807, 2.05) is 0 Å². The van der Waals surface area contributed by atoms with Gasteiger partial charge >= 0.3 is 0 Å². The molecular formula is C9H3Cl6N3O. The van der Waals surface area contributed by atoms with Crippen molar-refractivity contribution in [1.29, 1.82) is 0 Å². The highest BCUT2D eigenvalue weighted by Gasteiger charge is 2.34. The summed E-state index contributed by atoms with van der Waals surface area (Å²) >= 11 is 34.4. The molecular weight excluding hydrogens is 379 g/mol. The summed E-state index contributed by atoms with van der Waals surface area (Å²) in [6.45, 7) is 0. The summed E-state index contributed by atoms with van der Waals surface area (Å²) in [7, 11) is 0. The summed E-state index contributed by atoms with van der Waals surface area (Å²) < 4.78 is 1.38. The van der Waals surface area contributed by atoms with Crippen LogP contribution in [-0.4, -0.2) is 15.0 Å². The smallest absolute Gasteiger partial charge is 0.250 e. The van der Waals surface area contributed by atoms with Gasteiger partial charge in [-0.3, -0.25) is 0 Å². The van der Waals surface area contributed by atoms with E-state index in [1.54, 1.807) is 12.1 Å². The number of hydrogen-bond acceptors (Lipinski definition) is 4. The van der Waals surface area contributed by atoms with Gasteiger partial charge in [-0.15, -0.1) is 0 Å². The zero-order valence-electron chi connectivity index (χ0n) is 8.75. The molecule has 0 bridgehead atoms. The zero-order valence-corrected chi connectivity index (χ0v) is 13.3. The van der Waals surface area contributed by atoms with Crippen molar-refractivity contribution in [3.8, 4) is 11.6 Å². The molecule has 0 saturated heterocycles. The van der Waals surface area contributed by atoms with Crippen LogP contribution in [0.4, 0.5) is 0 Å². The molecule has 0 aliphatic rings. The highest BCUT2D eigenvalue weighted by molar-refractivity contribution is 6.67. The second-order valence-corrected chi connectivity index (χ2v) is 7.84. The molecule has 19 heavy (non-hydrogen) atoms. The van der Waals surface area contributed by atoms with Crippen molar-refractivity contribution in [2.24, 2.45) is 0 Å². The first-order chi connectivity index (χ1) is 8.68. The second-order valence-electron chi connectivity index (χ2n) is 3.28. The molecule has 0 aliphatic heterocycles. The Morgan fingerprint density at radius 1 is 0.842 bits per heavy atom. The Kier molecular flexibility index (Phi) is 4.41. The number of alkyl halides is 6. The number of rotatable bonds is 1. The largest absolute Gasteiger partial charge is 0.461 e.